The van der Waals surface area contributed by atoms with Crippen molar-refractivity contribution in [3.63, 3.8) is 0 Å². The molecule has 2 aromatic rings. The summed E-state index contributed by atoms with van der Waals surface area (Å²) in [6, 6.07) is 10.0. The van der Waals surface area contributed by atoms with Gasteiger partial charge in [0.25, 0.3) is 5.91 Å². The molecule has 3 fully saturated rings. The molecule has 1 aromatic heterocycles. The molecule has 2 bridgehead atoms. The van der Waals surface area contributed by atoms with Gasteiger partial charge in [0.1, 0.15) is 6.10 Å². The van der Waals surface area contributed by atoms with E-state index in [-0.39, 0.29) is 6.10 Å². The van der Waals surface area contributed by atoms with E-state index in [4.69, 9.17) is 4.74 Å². The fourth-order valence-corrected chi connectivity index (χ4v) is 3.87. The highest BCUT2D eigenvalue weighted by atomic mass is 19.4. The lowest BCUT2D eigenvalue weighted by molar-refractivity contribution is -0.199. The molecule has 11 heteroatoms. The quantitative estimate of drug-likeness (QED) is 0.677. The molecule has 32 heavy (non-hydrogen) atoms. The molecule has 1 unspecified atom stereocenters. The van der Waals surface area contributed by atoms with Gasteiger partial charge in [0.2, 0.25) is 5.88 Å². The number of carbonyl (C=O) groups is 2. The average molecular weight is 450 g/mol. The molecular formula is C21H21F3N4O4. The zero-order valence-corrected chi connectivity index (χ0v) is 17.0. The maximum atomic E-state index is 12.1. The fraction of sp³-hybridized carbons (Fsp3) is 0.429. The second-order valence-corrected chi connectivity index (χ2v) is 7.75. The molecule has 0 spiro atoms. The van der Waals surface area contributed by atoms with Crippen LogP contribution in [0.2, 0.25) is 0 Å². The molecular weight excluding hydrogens is 429 g/mol. The number of carbonyl (C=O) groups excluding carboxylic acids is 2. The summed E-state index contributed by atoms with van der Waals surface area (Å²) in [6.45, 7) is 2.14. The first-order chi connectivity index (χ1) is 15.3. The number of rotatable bonds is 6. The molecule has 170 valence electrons. The number of amides is 1. The summed E-state index contributed by atoms with van der Waals surface area (Å²) in [5.41, 5.74) is 1.66. The molecule has 5 rings (SSSR count). The monoisotopic (exact) mass is 450 g/mol. The van der Waals surface area contributed by atoms with Crippen LogP contribution in [0.3, 0.4) is 0 Å². The summed E-state index contributed by atoms with van der Waals surface area (Å²) in [7, 11) is 0. The number of piperidine rings is 3. The molecule has 3 aliphatic rings. The maximum Gasteiger partial charge on any atom is 0.490 e. The van der Waals surface area contributed by atoms with Crippen LogP contribution in [0.4, 0.5) is 18.9 Å². The molecule has 3 saturated heterocycles. The Balaban J connectivity index is 1.30. The molecule has 1 amide bonds. The van der Waals surface area contributed by atoms with E-state index >= 15 is 0 Å². The number of nitrogens with one attached hydrogen (secondary N) is 1. The number of esters is 1. The standard InChI is InChI=1S/C21H21F3N4O4/c22-21(23,24)20(30)31-12-18(29)25-15-3-1-13(2-4-15)16-5-6-19(27-26-16)32-17-11-28-9-7-14(17)8-10-28/h1-6,14,17H,7-12H2,(H,25,29). The first kappa shape index (κ1) is 22.0. The lowest BCUT2D eigenvalue weighted by Gasteiger charge is -2.44. The molecule has 0 saturated carbocycles. The van der Waals surface area contributed by atoms with Gasteiger partial charge in [0.05, 0.1) is 5.69 Å². The zero-order valence-electron chi connectivity index (χ0n) is 17.0. The second-order valence-electron chi connectivity index (χ2n) is 7.75. The zero-order chi connectivity index (χ0) is 22.7. The minimum atomic E-state index is -5.14. The Bertz CT molecular complexity index is 959. The second kappa shape index (κ2) is 9.11. The van der Waals surface area contributed by atoms with Crippen molar-refractivity contribution < 1.29 is 32.2 Å². The highest BCUT2D eigenvalue weighted by Crippen LogP contribution is 2.30. The van der Waals surface area contributed by atoms with Crippen LogP contribution in [-0.2, 0) is 14.3 Å². The van der Waals surface area contributed by atoms with Gasteiger partial charge in [0.15, 0.2) is 6.61 Å². The first-order valence-corrected chi connectivity index (χ1v) is 10.1. The van der Waals surface area contributed by atoms with Crippen LogP contribution >= 0.6 is 0 Å². The normalized spacial score (nSPS) is 22.3. The van der Waals surface area contributed by atoms with Gasteiger partial charge >= 0.3 is 12.1 Å². The van der Waals surface area contributed by atoms with Crippen molar-refractivity contribution in [1.29, 1.82) is 0 Å². The number of nitrogens with zero attached hydrogens (tertiary/aromatic N) is 3. The van der Waals surface area contributed by atoms with Crippen molar-refractivity contribution in [1.82, 2.24) is 15.1 Å². The number of hydrogen-bond donors (Lipinski definition) is 1. The van der Waals surface area contributed by atoms with Crippen LogP contribution in [0.5, 0.6) is 5.88 Å². The number of alkyl halides is 3. The fourth-order valence-electron chi connectivity index (χ4n) is 3.87. The van der Waals surface area contributed by atoms with Crippen molar-refractivity contribution in [2.45, 2.75) is 25.1 Å². The van der Waals surface area contributed by atoms with Gasteiger partial charge in [0, 0.05) is 23.9 Å². The van der Waals surface area contributed by atoms with E-state index in [0.717, 1.165) is 38.0 Å². The minimum absolute atomic E-state index is 0.135. The Hall–Kier alpha value is -3.21. The van der Waals surface area contributed by atoms with Crippen LogP contribution in [0.1, 0.15) is 12.8 Å². The van der Waals surface area contributed by atoms with Crippen LogP contribution in [0, 0.1) is 5.92 Å². The Morgan fingerprint density at radius 2 is 1.78 bits per heavy atom. The van der Waals surface area contributed by atoms with Gasteiger partial charge in [-0.15, -0.1) is 10.2 Å². The molecule has 0 radical (unpaired) electrons. The number of fused-ring (bicyclic) bond motifs is 3. The largest absolute Gasteiger partial charge is 0.490 e. The van der Waals surface area contributed by atoms with Gasteiger partial charge in [-0.3, -0.25) is 9.69 Å². The van der Waals surface area contributed by atoms with Crippen LogP contribution in [0.15, 0.2) is 36.4 Å². The highest BCUT2D eigenvalue weighted by molar-refractivity contribution is 5.93. The average Bonchev–Trinajstić information content (AvgIpc) is 2.79. The third kappa shape index (κ3) is 5.34. The number of aromatic nitrogens is 2. The Morgan fingerprint density at radius 3 is 2.34 bits per heavy atom. The summed E-state index contributed by atoms with van der Waals surface area (Å²) in [4.78, 5) is 24.7. The van der Waals surface area contributed by atoms with Crippen molar-refractivity contribution in [2.75, 3.05) is 31.6 Å². The predicted molar refractivity (Wildman–Crippen MR) is 107 cm³/mol. The van der Waals surface area contributed by atoms with Gasteiger partial charge in [-0.1, -0.05) is 12.1 Å². The van der Waals surface area contributed by atoms with Crippen molar-refractivity contribution in [3.05, 3.63) is 36.4 Å². The summed E-state index contributed by atoms with van der Waals surface area (Å²) < 4.78 is 46.2. The van der Waals surface area contributed by atoms with Gasteiger partial charge in [-0.25, -0.2) is 4.79 Å². The maximum absolute atomic E-state index is 12.1. The molecule has 1 aromatic carbocycles. The Labute approximate surface area is 181 Å². The van der Waals surface area contributed by atoms with E-state index in [1.54, 1.807) is 36.4 Å². The van der Waals surface area contributed by atoms with E-state index < -0.39 is 24.7 Å². The lowest BCUT2D eigenvalue weighted by Crippen LogP contribution is -2.52. The molecule has 3 aliphatic heterocycles. The number of halogens is 3. The third-order valence-electron chi connectivity index (χ3n) is 5.54. The van der Waals surface area contributed by atoms with Gasteiger partial charge in [-0.2, -0.15) is 13.2 Å². The van der Waals surface area contributed by atoms with Crippen LogP contribution < -0.4 is 10.1 Å². The molecule has 1 N–H and O–H groups in total. The SMILES string of the molecule is O=C(COC(=O)C(F)(F)F)Nc1ccc(-c2ccc(OC3CN4CCC3CC4)nn2)cc1. The van der Waals surface area contributed by atoms with E-state index in [0.29, 0.717) is 23.2 Å². The summed E-state index contributed by atoms with van der Waals surface area (Å²) in [6.07, 6.45) is -2.72. The van der Waals surface area contributed by atoms with E-state index in [9.17, 15) is 22.8 Å². The summed E-state index contributed by atoms with van der Waals surface area (Å²) >= 11 is 0. The highest BCUT2D eigenvalue weighted by Gasteiger charge is 2.41. The number of ether oxygens (including phenoxy) is 2. The minimum Gasteiger partial charge on any atom is -0.472 e. The predicted octanol–water partition coefficient (Wildman–Crippen LogP) is 2.66. The number of benzene rings is 1. The molecule has 4 heterocycles. The number of anilines is 1. The van der Waals surface area contributed by atoms with Crippen LogP contribution in [-0.4, -0.2) is 65.5 Å². The Kier molecular flexibility index (Phi) is 6.26. The van der Waals surface area contributed by atoms with Crippen molar-refractivity contribution >= 4 is 17.6 Å². The third-order valence-corrected chi connectivity index (χ3v) is 5.54. The number of hydrogen-bond acceptors (Lipinski definition) is 7. The van der Waals surface area contributed by atoms with E-state index in [1.807, 2.05) is 0 Å². The van der Waals surface area contributed by atoms with Gasteiger partial charge < -0.3 is 14.8 Å². The lowest BCUT2D eigenvalue weighted by atomic mass is 9.86. The summed E-state index contributed by atoms with van der Waals surface area (Å²) in [5.74, 6) is -2.27. The molecule has 8 nitrogen and oxygen atoms in total. The molecule has 0 aliphatic carbocycles. The first-order valence-electron chi connectivity index (χ1n) is 10.1. The van der Waals surface area contributed by atoms with E-state index in [2.05, 4.69) is 25.2 Å². The van der Waals surface area contributed by atoms with Gasteiger partial charge in [-0.05, 0) is 50.0 Å². The van der Waals surface area contributed by atoms with Crippen molar-refractivity contribution in [2.24, 2.45) is 5.92 Å². The molecule has 1 atom stereocenters. The summed E-state index contributed by atoms with van der Waals surface area (Å²) in [5, 5.41) is 10.7. The van der Waals surface area contributed by atoms with Crippen LogP contribution in [0.25, 0.3) is 11.3 Å². The topological polar surface area (TPSA) is 93.7 Å². The van der Waals surface area contributed by atoms with E-state index in [1.165, 1.54) is 0 Å². The van der Waals surface area contributed by atoms with Crippen molar-refractivity contribution in [3.8, 4) is 17.1 Å². The Morgan fingerprint density at radius 1 is 1.06 bits per heavy atom. The smallest absolute Gasteiger partial charge is 0.472 e.